The zero-order chi connectivity index (χ0) is 22.7. The van der Waals surface area contributed by atoms with E-state index in [2.05, 4.69) is 0 Å². The molecule has 2 rings (SSSR count). The van der Waals surface area contributed by atoms with E-state index >= 15 is 0 Å². The summed E-state index contributed by atoms with van der Waals surface area (Å²) in [5, 5.41) is 28.6. The highest BCUT2D eigenvalue weighted by Crippen LogP contribution is 2.49. The number of unbranched alkanes of at least 4 members (excludes halogenated alkanes) is 7. The van der Waals surface area contributed by atoms with Gasteiger partial charge in [0.2, 0.25) is 0 Å². The van der Waals surface area contributed by atoms with E-state index in [1.165, 1.54) is 0 Å². The zero-order valence-electron chi connectivity index (χ0n) is 19.1. The van der Waals surface area contributed by atoms with Crippen molar-refractivity contribution in [3.05, 3.63) is 30.3 Å². The number of hydrogen-bond acceptors (Lipinski definition) is 5. The molecule has 0 aliphatic heterocycles. The van der Waals surface area contributed by atoms with E-state index in [9.17, 15) is 18.6 Å². The van der Waals surface area contributed by atoms with E-state index < -0.39 is 20.7 Å². The Balaban J connectivity index is 2.10. The first kappa shape index (κ1) is 26.3. The van der Waals surface area contributed by atoms with Crippen LogP contribution in [0.4, 0.5) is 0 Å². The molecule has 31 heavy (non-hydrogen) atoms. The fraction of sp³-hybridized carbons (Fsp3) is 0.760. The van der Waals surface area contributed by atoms with Gasteiger partial charge in [-0.1, -0.05) is 70.1 Å². The van der Waals surface area contributed by atoms with Crippen LogP contribution in [0.5, 0.6) is 0 Å². The second kappa shape index (κ2) is 12.9. The molecule has 0 amide bonds. The van der Waals surface area contributed by atoms with E-state index in [1.54, 1.807) is 24.3 Å². The van der Waals surface area contributed by atoms with E-state index in [0.717, 1.165) is 64.2 Å². The highest BCUT2D eigenvalue weighted by Gasteiger charge is 2.52. The van der Waals surface area contributed by atoms with Crippen molar-refractivity contribution in [2.75, 3.05) is 13.2 Å². The number of aliphatic hydroxyl groups excluding tert-OH is 3. The van der Waals surface area contributed by atoms with Crippen LogP contribution in [0.25, 0.3) is 0 Å². The van der Waals surface area contributed by atoms with Crippen molar-refractivity contribution in [2.24, 2.45) is 11.8 Å². The third-order valence-corrected chi connectivity index (χ3v) is 10.0. The second-order valence-corrected chi connectivity index (χ2v) is 11.7. The maximum Gasteiger partial charge on any atom is 0.184 e. The van der Waals surface area contributed by atoms with Crippen LogP contribution in [0.3, 0.4) is 0 Å². The minimum Gasteiger partial charge on any atom is -0.396 e. The van der Waals surface area contributed by atoms with Crippen molar-refractivity contribution in [3.63, 3.8) is 0 Å². The molecule has 1 aromatic carbocycles. The summed E-state index contributed by atoms with van der Waals surface area (Å²) in [7, 11) is -3.57. The Labute approximate surface area is 188 Å². The molecular weight excluding hydrogens is 412 g/mol. The summed E-state index contributed by atoms with van der Waals surface area (Å²) in [5.41, 5.74) is 0. The van der Waals surface area contributed by atoms with Gasteiger partial charge in [0.15, 0.2) is 9.84 Å². The first-order chi connectivity index (χ1) is 14.9. The molecule has 1 aliphatic rings. The summed E-state index contributed by atoms with van der Waals surface area (Å²) >= 11 is 0. The molecule has 6 heteroatoms. The molecule has 0 spiro atoms. The van der Waals surface area contributed by atoms with Gasteiger partial charge in [-0.2, -0.15) is 0 Å². The fourth-order valence-electron chi connectivity index (χ4n) is 5.24. The van der Waals surface area contributed by atoms with Gasteiger partial charge in [0.05, 0.1) is 22.4 Å². The van der Waals surface area contributed by atoms with Gasteiger partial charge in [-0.15, -0.1) is 0 Å². The SMILES string of the molecule is CC1CCC(C(O)CO)CC1(CCCCCCCCCCO)S(=O)(=O)c1ccccc1. The number of rotatable bonds is 14. The van der Waals surface area contributed by atoms with Crippen LogP contribution < -0.4 is 0 Å². The third kappa shape index (κ3) is 6.77. The zero-order valence-corrected chi connectivity index (χ0v) is 19.9. The molecule has 4 unspecified atom stereocenters. The molecule has 1 fully saturated rings. The monoisotopic (exact) mass is 454 g/mol. The van der Waals surface area contributed by atoms with Gasteiger partial charge in [-0.05, 0) is 56.1 Å². The summed E-state index contributed by atoms with van der Waals surface area (Å²) in [6.45, 7) is 1.99. The Bertz CT molecular complexity index is 721. The largest absolute Gasteiger partial charge is 0.396 e. The van der Waals surface area contributed by atoms with Gasteiger partial charge in [0.25, 0.3) is 0 Å². The van der Waals surface area contributed by atoms with Gasteiger partial charge in [-0.25, -0.2) is 8.42 Å². The molecule has 4 atom stereocenters. The van der Waals surface area contributed by atoms with Crippen molar-refractivity contribution in [2.45, 2.75) is 99.7 Å². The highest BCUT2D eigenvalue weighted by molar-refractivity contribution is 7.92. The molecule has 3 N–H and O–H groups in total. The Kier molecular flexibility index (Phi) is 11.0. The Morgan fingerprint density at radius 1 is 0.935 bits per heavy atom. The molecule has 0 aromatic heterocycles. The molecular formula is C25H42O5S. The van der Waals surface area contributed by atoms with Gasteiger partial charge in [-0.3, -0.25) is 0 Å². The average Bonchev–Trinajstić information content (AvgIpc) is 2.79. The van der Waals surface area contributed by atoms with Crippen molar-refractivity contribution in [1.29, 1.82) is 0 Å². The number of benzene rings is 1. The molecule has 0 heterocycles. The Morgan fingerprint density at radius 2 is 1.52 bits per heavy atom. The molecule has 178 valence electrons. The highest BCUT2D eigenvalue weighted by atomic mass is 32.2. The van der Waals surface area contributed by atoms with E-state index in [1.807, 2.05) is 13.0 Å². The van der Waals surface area contributed by atoms with Gasteiger partial charge in [0, 0.05) is 6.61 Å². The van der Waals surface area contributed by atoms with Crippen molar-refractivity contribution >= 4 is 9.84 Å². The van der Waals surface area contributed by atoms with Gasteiger partial charge >= 0.3 is 0 Å². The van der Waals surface area contributed by atoms with Gasteiger partial charge < -0.3 is 15.3 Å². The smallest absolute Gasteiger partial charge is 0.184 e. The predicted octanol–water partition coefficient (Wildman–Crippen LogP) is 4.49. The average molecular weight is 455 g/mol. The maximum atomic E-state index is 13.9. The summed E-state index contributed by atoms with van der Waals surface area (Å²) in [6, 6.07) is 8.73. The lowest BCUT2D eigenvalue weighted by Crippen LogP contribution is -2.51. The van der Waals surface area contributed by atoms with Crippen LogP contribution in [0, 0.1) is 11.8 Å². The number of hydrogen-bond donors (Lipinski definition) is 3. The van der Waals surface area contributed by atoms with Crippen LogP contribution in [0.2, 0.25) is 0 Å². The second-order valence-electron chi connectivity index (χ2n) is 9.38. The molecule has 1 aromatic rings. The first-order valence-electron chi connectivity index (χ1n) is 12.1. The van der Waals surface area contributed by atoms with Crippen LogP contribution >= 0.6 is 0 Å². The maximum absolute atomic E-state index is 13.9. The van der Waals surface area contributed by atoms with Crippen LogP contribution in [-0.4, -0.2) is 47.8 Å². The summed E-state index contributed by atoms with van der Waals surface area (Å²) in [5.74, 6) is -0.176. The lowest BCUT2D eigenvalue weighted by Gasteiger charge is -2.46. The molecule has 0 radical (unpaired) electrons. The minimum absolute atomic E-state index is 0.0123. The molecule has 0 saturated heterocycles. The van der Waals surface area contributed by atoms with Crippen molar-refractivity contribution < 1.29 is 23.7 Å². The van der Waals surface area contributed by atoms with Crippen molar-refractivity contribution in [3.8, 4) is 0 Å². The standard InChI is InChI=1S/C25H42O5S/c1-21-15-16-22(24(28)20-27)19-25(21,31(29,30)23-13-9-8-10-14-23)17-11-6-4-2-3-5-7-12-18-26/h8-10,13-14,21-22,24,26-28H,2-7,11-12,15-20H2,1H3. The third-order valence-electron chi connectivity index (χ3n) is 7.30. The summed E-state index contributed by atoms with van der Waals surface area (Å²) in [4.78, 5) is 0.366. The van der Waals surface area contributed by atoms with Crippen LogP contribution in [0.1, 0.15) is 84.0 Å². The summed E-state index contributed by atoms with van der Waals surface area (Å²) in [6.07, 6.45) is 10.0. The van der Waals surface area contributed by atoms with E-state index in [4.69, 9.17) is 5.11 Å². The van der Waals surface area contributed by atoms with Crippen molar-refractivity contribution in [1.82, 2.24) is 0 Å². The Morgan fingerprint density at radius 3 is 2.10 bits per heavy atom. The fourth-order valence-corrected chi connectivity index (χ4v) is 7.72. The molecule has 0 bridgehead atoms. The quantitative estimate of drug-likeness (QED) is 0.360. The molecule has 5 nitrogen and oxygen atoms in total. The molecule has 1 saturated carbocycles. The number of aliphatic hydroxyl groups is 3. The first-order valence-corrected chi connectivity index (χ1v) is 13.6. The summed E-state index contributed by atoms with van der Waals surface area (Å²) < 4.78 is 26.9. The minimum atomic E-state index is -3.57. The van der Waals surface area contributed by atoms with Crippen LogP contribution in [0.15, 0.2) is 35.2 Å². The van der Waals surface area contributed by atoms with E-state index in [0.29, 0.717) is 17.7 Å². The number of sulfone groups is 1. The van der Waals surface area contributed by atoms with Crippen LogP contribution in [-0.2, 0) is 9.84 Å². The van der Waals surface area contributed by atoms with E-state index in [-0.39, 0.29) is 25.0 Å². The van der Waals surface area contributed by atoms with Gasteiger partial charge in [0.1, 0.15) is 0 Å². The topological polar surface area (TPSA) is 94.8 Å². The normalized spacial score (nSPS) is 25.4. The molecule has 1 aliphatic carbocycles. The Hall–Kier alpha value is -0.950. The lowest BCUT2D eigenvalue weighted by molar-refractivity contribution is 0.0159. The lowest BCUT2D eigenvalue weighted by atomic mass is 9.70. The predicted molar refractivity (Wildman–Crippen MR) is 125 cm³/mol.